The first-order chi connectivity index (χ1) is 10.6. The zero-order valence-electron chi connectivity index (χ0n) is 14.6. The summed E-state index contributed by atoms with van der Waals surface area (Å²) in [6, 6.07) is 0. The van der Waals surface area contributed by atoms with Gasteiger partial charge in [0.25, 0.3) is 0 Å². The van der Waals surface area contributed by atoms with Gasteiger partial charge in [-0.2, -0.15) is 0 Å². The van der Waals surface area contributed by atoms with Gasteiger partial charge >= 0.3 is 0 Å². The maximum absolute atomic E-state index is 10.6. The lowest BCUT2D eigenvalue weighted by molar-refractivity contribution is -0.116. The number of allylic oxidation sites excluding steroid dienone is 4. The molecule has 22 heavy (non-hydrogen) atoms. The van der Waals surface area contributed by atoms with Crippen LogP contribution in [0, 0.1) is 0 Å². The van der Waals surface area contributed by atoms with Crippen molar-refractivity contribution in [2.75, 3.05) is 0 Å². The molecule has 2 aliphatic carbocycles. The number of carbonyl (C=O) groups excluding carboxylic acids is 1. The Labute approximate surface area is 136 Å². The van der Waals surface area contributed by atoms with Crippen LogP contribution in [-0.4, -0.2) is 17.0 Å². The van der Waals surface area contributed by atoms with Crippen LogP contribution in [0.1, 0.15) is 90.9 Å². The zero-order chi connectivity index (χ0) is 16.2. The van der Waals surface area contributed by atoms with E-state index < -0.39 is 0 Å². The topological polar surface area (TPSA) is 37.3 Å². The molecule has 0 aromatic rings. The Bertz CT molecular complexity index is 361. The summed E-state index contributed by atoms with van der Waals surface area (Å²) in [5.41, 5.74) is 3.19. The number of hydrogen-bond acceptors (Lipinski definition) is 2. The van der Waals surface area contributed by atoms with Gasteiger partial charge in [0.2, 0.25) is 0 Å². The third-order valence-corrected chi connectivity index (χ3v) is 4.44. The summed E-state index contributed by atoms with van der Waals surface area (Å²) in [5, 5.41) is 9.00. The van der Waals surface area contributed by atoms with Crippen molar-refractivity contribution in [2.24, 2.45) is 0 Å². The minimum atomic E-state index is -0.131. The van der Waals surface area contributed by atoms with Crippen LogP contribution in [0.15, 0.2) is 23.3 Å². The van der Waals surface area contributed by atoms with Gasteiger partial charge in [-0.1, -0.05) is 23.3 Å². The summed E-state index contributed by atoms with van der Waals surface area (Å²) < 4.78 is 0. The van der Waals surface area contributed by atoms with E-state index in [-0.39, 0.29) is 6.10 Å². The molecule has 126 valence electrons. The first kappa shape index (κ1) is 19.2. The van der Waals surface area contributed by atoms with E-state index in [9.17, 15) is 4.79 Å². The highest BCUT2D eigenvalue weighted by atomic mass is 16.3. The predicted octanol–water partition coefficient (Wildman–Crippen LogP) is 5.50. The van der Waals surface area contributed by atoms with E-state index in [0.717, 1.165) is 25.7 Å². The van der Waals surface area contributed by atoms with Crippen molar-refractivity contribution in [3.05, 3.63) is 23.3 Å². The molecule has 2 fully saturated rings. The van der Waals surface area contributed by atoms with Gasteiger partial charge in [0.1, 0.15) is 5.78 Å². The molecule has 2 saturated carbocycles. The average molecular weight is 306 g/mol. The monoisotopic (exact) mass is 306 g/mol. The Morgan fingerprint density at radius 1 is 1.00 bits per heavy atom. The predicted molar refractivity (Wildman–Crippen MR) is 93.9 cm³/mol. The zero-order valence-corrected chi connectivity index (χ0v) is 14.6. The lowest BCUT2D eigenvalue weighted by Gasteiger charge is -2.00. The van der Waals surface area contributed by atoms with Gasteiger partial charge in [0.15, 0.2) is 0 Å². The Morgan fingerprint density at radius 3 is 1.86 bits per heavy atom. The quantitative estimate of drug-likeness (QED) is 0.657. The van der Waals surface area contributed by atoms with Crippen molar-refractivity contribution >= 4 is 5.78 Å². The number of aliphatic hydroxyl groups excluding tert-OH is 1. The molecule has 0 bridgehead atoms. The molecule has 0 aliphatic heterocycles. The van der Waals surface area contributed by atoms with Gasteiger partial charge in [-0.05, 0) is 84.5 Å². The molecule has 2 nitrogen and oxygen atoms in total. The molecule has 1 atom stereocenters. The summed E-state index contributed by atoms with van der Waals surface area (Å²) in [5.74, 6) is 0.305. The highest BCUT2D eigenvalue weighted by molar-refractivity contribution is 5.75. The summed E-state index contributed by atoms with van der Waals surface area (Å²) in [7, 11) is 0. The Kier molecular flexibility index (Phi) is 10.1. The second-order valence-corrected chi connectivity index (χ2v) is 6.81. The largest absolute Gasteiger partial charge is 0.393 e. The smallest absolute Gasteiger partial charge is 0.130 e. The molecule has 0 radical (unpaired) electrons. The first-order valence-corrected chi connectivity index (χ1v) is 9.11. The molecular weight excluding hydrogens is 272 g/mol. The Morgan fingerprint density at radius 2 is 1.45 bits per heavy atom. The van der Waals surface area contributed by atoms with Crippen LogP contribution in [0.4, 0.5) is 0 Å². The molecule has 2 rings (SSSR count). The number of carbonyl (C=O) groups is 1. The standard InChI is InChI=1S/C10H18O.C10H16O/c2*1-9(11)5-4-8-10-6-2-3-7-10/h8-9,11H,2-7H2,1H3;8H,2-7H2,1H3. The molecule has 0 amide bonds. The first-order valence-electron chi connectivity index (χ1n) is 9.11. The van der Waals surface area contributed by atoms with Crippen LogP contribution < -0.4 is 0 Å². The molecule has 0 heterocycles. The fourth-order valence-corrected chi connectivity index (χ4v) is 3.07. The van der Waals surface area contributed by atoms with Gasteiger partial charge in [-0.3, -0.25) is 0 Å². The lowest BCUT2D eigenvalue weighted by Crippen LogP contribution is -1.97. The number of aliphatic hydroxyl groups is 1. The highest BCUT2D eigenvalue weighted by Gasteiger charge is 2.05. The average Bonchev–Trinajstić information content (AvgIpc) is 3.11. The highest BCUT2D eigenvalue weighted by Crippen LogP contribution is 2.24. The molecule has 1 N–H and O–H groups in total. The molecule has 0 aromatic carbocycles. The molecular formula is C20H34O2. The van der Waals surface area contributed by atoms with Crippen LogP contribution >= 0.6 is 0 Å². The van der Waals surface area contributed by atoms with Crippen molar-refractivity contribution in [1.82, 2.24) is 0 Å². The fourth-order valence-electron chi connectivity index (χ4n) is 3.07. The molecule has 2 aliphatic rings. The third kappa shape index (κ3) is 9.94. The van der Waals surface area contributed by atoms with E-state index >= 15 is 0 Å². The van der Waals surface area contributed by atoms with E-state index in [4.69, 9.17) is 5.11 Å². The molecule has 0 aromatic heterocycles. The molecule has 1 unspecified atom stereocenters. The van der Waals surface area contributed by atoms with E-state index in [0.29, 0.717) is 5.78 Å². The van der Waals surface area contributed by atoms with Gasteiger partial charge in [-0.25, -0.2) is 0 Å². The van der Waals surface area contributed by atoms with Crippen molar-refractivity contribution < 1.29 is 9.90 Å². The Hall–Kier alpha value is -0.890. The normalized spacial score (nSPS) is 18.7. The molecule has 0 spiro atoms. The number of Topliss-reactive ketones (excluding diaryl/α,β-unsaturated/α-hetero) is 1. The van der Waals surface area contributed by atoms with Gasteiger partial charge in [-0.15, -0.1) is 0 Å². The van der Waals surface area contributed by atoms with Crippen LogP contribution in [0.2, 0.25) is 0 Å². The summed E-state index contributed by atoms with van der Waals surface area (Å²) in [6.07, 6.45) is 18.7. The van der Waals surface area contributed by atoms with Crippen molar-refractivity contribution in [3.63, 3.8) is 0 Å². The number of rotatable bonds is 6. The number of ketones is 1. The maximum atomic E-state index is 10.6. The minimum Gasteiger partial charge on any atom is -0.393 e. The molecule has 0 saturated heterocycles. The van der Waals surface area contributed by atoms with E-state index in [1.54, 1.807) is 18.1 Å². The summed E-state index contributed by atoms with van der Waals surface area (Å²) in [4.78, 5) is 10.6. The van der Waals surface area contributed by atoms with E-state index in [2.05, 4.69) is 12.2 Å². The number of hydrogen-bond donors (Lipinski definition) is 1. The SMILES string of the molecule is CC(=O)CCC=C1CCCC1.CC(O)CCC=C1CCCC1. The molecule has 2 heteroatoms. The van der Waals surface area contributed by atoms with Crippen LogP contribution in [-0.2, 0) is 4.79 Å². The third-order valence-electron chi connectivity index (χ3n) is 4.44. The van der Waals surface area contributed by atoms with Gasteiger partial charge in [0.05, 0.1) is 6.10 Å². The van der Waals surface area contributed by atoms with E-state index in [1.165, 1.54) is 51.4 Å². The van der Waals surface area contributed by atoms with Crippen LogP contribution in [0.5, 0.6) is 0 Å². The fraction of sp³-hybridized carbons (Fsp3) is 0.750. The van der Waals surface area contributed by atoms with Crippen LogP contribution in [0.25, 0.3) is 0 Å². The van der Waals surface area contributed by atoms with E-state index in [1.807, 2.05) is 6.92 Å². The van der Waals surface area contributed by atoms with Crippen molar-refractivity contribution in [1.29, 1.82) is 0 Å². The second kappa shape index (κ2) is 11.6. The maximum Gasteiger partial charge on any atom is 0.130 e. The summed E-state index contributed by atoms with van der Waals surface area (Å²) >= 11 is 0. The van der Waals surface area contributed by atoms with Crippen LogP contribution in [0.3, 0.4) is 0 Å². The van der Waals surface area contributed by atoms with Crippen molar-refractivity contribution in [2.45, 2.75) is 97.0 Å². The van der Waals surface area contributed by atoms with Crippen molar-refractivity contribution in [3.8, 4) is 0 Å². The Balaban J connectivity index is 0.000000220. The lowest BCUT2D eigenvalue weighted by atomic mass is 10.1. The summed E-state index contributed by atoms with van der Waals surface area (Å²) in [6.45, 7) is 3.51. The van der Waals surface area contributed by atoms with Gasteiger partial charge in [0, 0.05) is 6.42 Å². The van der Waals surface area contributed by atoms with Gasteiger partial charge < -0.3 is 9.90 Å². The minimum absolute atomic E-state index is 0.131. The second-order valence-electron chi connectivity index (χ2n) is 6.81.